The summed E-state index contributed by atoms with van der Waals surface area (Å²) in [6.07, 6.45) is 3.87. The summed E-state index contributed by atoms with van der Waals surface area (Å²) in [5.74, 6) is 1.45. The predicted molar refractivity (Wildman–Crippen MR) is 115 cm³/mol. The van der Waals surface area contributed by atoms with Crippen molar-refractivity contribution < 1.29 is 19.4 Å². The minimum atomic E-state index is -0.485. The van der Waals surface area contributed by atoms with Crippen LogP contribution in [0.25, 0.3) is 0 Å². The van der Waals surface area contributed by atoms with Crippen LogP contribution in [0.4, 0.5) is 0 Å². The maximum atomic E-state index is 12.7. The first-order valence-corrected chi connectivity index (χ1v) is 11.4. The molecule has 1 aliphatic carbocycles. The molecule has 4 rings (SSSR count). The first-order chi connectivity index (χ1) is 14.7. The average molecular weight is 418 g/mol. The molecule has 1 amide bonds. The molecule has 1 saturated carbocycles. The smallest absolute Gasteiger partial charge is 0.251 e. The number of likely N-dealkylation sites (tertiary alicyclic amines) is 1. The number of hydrogen-bond acceptors (Lipinski definition) is 6. The normalized spacial score (nSPS) is 26.2. The summed E-state index contributed by atoms with van der Waals surface area (Å²) in [5, 5.41) is 13.6. The molecule has 0 spiro atoms. The lowest BCUT2D eigenvalue weighted by Crippen LogP contribution is -2.49. The average Bonchev–Trinajstić information content (AvgIpc) is 3.59. The highest BCUT2D eigenvalue weighted by molar-refractivity contribution is 5.94. The first-order valence-electron chi connectivity index (χ1n) is 11.4. The van der Waals surface area contributed by atoms with E-state index in [4.69, 9.17) is 9.47 Å². The Labute approximate surface area is 179 Å². The highest BCUT2D eigenvalue weighted by Crippen LogP contribution is 2.30. The van der Waals surface area contributed by atoms with Gasteiger partial charge in [-0.1, -0.05) is 0 Å². The van der Waals surface area contributed by atoms with Crippen molar-refractivity contribution in [2.75, 3.05) is 59.1 Å². The summed E-state index contributed by atoms with van der Waals surface area (Å²) in [6.45, 7) is 7.81. The Morgan fingerprint density at radius 1 is 1.10 bits per heavy atom. The van der Waals surface area contributed by atoms with E-state index >= 15 is 0 Å². The molecule has 166 valence electrons. The van der Waals surface area contributed by atoms with Crippen molar-refractivity contribution in [2.45, 2.75) is 37.8 Å². The van der Waals surface area contributed by atoms with Gasteiger partial charge in [-0.05, 0) is 62.4 Å². The Bertz CT molecular complexity index is 674. The van der Waals surface area contributed by atoms with Gasteiger partial charge in [-0.3, -0.25) is 9.69 Å². The van der Waals surface area contributed by atoms with Crippen molar-refractivity contribution in [1.82, 2.24) is 15.1 Å². The Kier molecular flexibility index (Phi) is 7.60. The molecule has 2 saturated heterocycles. The molecular weight excluding hydrogens is 382 g/mol. The number of hydrogen-bond donors (Lipinski definition) is 2. The summed E-state index contributed by atoms with van der Waals surface area (Å²) >= 11 is 0. The molecule has 2 N–H and O–H groups in total. The molecule has 7 heteroatoms. The van der Waals surface area contributed by atoms with Crippen LogP contribution in [0, 0.1) is 5.92 Å². The number of aliphatic hydroxyl groups excluding tert-OH is 1. The zero-order valence-electron chi connectivity index (χ0n) is 17.8. The topological polar surface area (TPSA) is 74.3 Å². The van der Waals surface area contributed by atoms with Crippen molar-refractivity contribution in [2.24, 2.45) is 5.92 Å². The van der Waals surface area contributed by atoms with Crippen LogP contribution in [0.5, 0.6) is 5.75 Å². The molecule has 3 fully saturated rings. The molecule has 0 radical (unpaired) electrons. The summed E-state index contributed by atoms with van der Waals surface area (Å²) in [4.78, 5) is 17.5. The predicted octanol–water partition coefficient (Wildman–Crippen LogP) is 1.36. The second-order valence-electron chi connectivity index (χ2n) is 8.82. The van der Waals surface area contributed by atoms with Gasteiger partial charge in [0.15, 0.2) is 0 Å². The van der Waals surface area contributed by atoms with Crippen molar-refractivity contribution in [3.8, 4) is 5.75 Å². The summed E-state index contributed by atoms with van der Waals surface area (Å²) in [7, 11) is 0. The molecular formula is C23H35N3O4. The van der Waals surface area contributed by atoms with Crippen molar-refractivity contribution >= 4 is 5.91 Å². The number of carbonyl (C=O) groups is 1. The lowest BCUT2D eigenvalue weighted by atomic mass is 10.1. The molecule has 30 heavy (non-hydrogen) atoms. The fourth-order valence-electron chi connectivity index (χ4n) is 4.26. The molecule has 2 heterocycles. The number of morpholine rings is 1. The van der Waals surface area contributed by atoms with E-state index in [1.165, 1.54) is 12.8 Å². The Morgan fingerprint density at radius 2 is 1.87 bits per heavy atom. The van der Waals surface area contributed by atoms with E-state index in [1.807, 2.05) is 12.1 Å². The summed E-state index contributed by atoms with van der Waals surface area (Å²) in [6, 6.07) is 7.06. The minimum absolute atomic E-state index is 0.132. The van der Waals surface area contributed by atoms with Gasteiger partial charge >= 0.3 is 0 Å². The van der Waals surface area contributed by atoms with Gasteiger partial charge in [0.25, 0.3) is 5.91 Å². The fraction of sp³-hybridized carbons (Fsp3) is 0.696. The van der Waals surface area contributed by atoms with E-state index < -0.39 is 6.10 Å². The van der Waals surface area contributed by atoms with E-state index in [2.05, 4.69) is 15.1 Å². The Morgan fingerprint density at radius 3 is 2.60 bits per heavy atom. The second-order valence-corrected chi connectivity index (χ2v) is 8.82. The van der Waals surface area contributed by atoms with E-state index in [0.29, 0.717) is 12.2 Å². The SMILES string of the molecule is O=C(N[C@@H]1CN(CC2CC2)CCC[C@H]1O)c1ccc(OCCN2CCOCC2)cc1. The second kappa shape index (κ2) is 10.6. The van der Waals surface area contributed by atoms with E-state index in [9.17, 15) is 9.90 Å². The zero-order valence-corrected chi connectivity index (χ0v) is 17.8. The van der Waals surface area contributed by atoms with Crippen LogP contribution >= 0.6 is 0 Å². The molecule has 0 unspecified atom stereocenters. The van der Waals surface area contributed by atoms with Crippen LogP contribution in [-0.4, -0.2) is 92.0 Å². The van der Waals surface area contributed by atoms with Gasteiger partial charge in [-0.2, -0.15) is 0 Å². The number of nitrogens with zero attached hydrogens (tertiary/aromatic N) is 2. The standard InChI is InChI=1S/C23H35N3O4/c27-22-2-1-9-26(16-18-3-4-18)17-21(22)24-23(28)19-5-7-20(8-6-19)30-15-12-25-10-13-29-14-11-25/h5-8,18,21-22,27H,1-4,9-17H2,(H,24,28)/t21-,22-/m1/s1. The molecule has 2 atom stereocenters. The van der Waals surface area contributed by atoms with Crippen LogP contribution in [0.15, 0.2) is 24.3 Å². The molecule has 7 nitrogen and oxygen atoms in total. The van der Waals surface area contributed by atoms with Crippen LogP contribution in [0.1, 0.15) is 36.0 Å². The highest BCUT2D eigenvalue weighted by Gasteiger charge is 2.30. The number of aliphatic hydroxyl groups is 1. The van der Waals surface area contributed by atoms with Gasteiger partial charge in [0.1, 0.15) is 12.4 Å². The maximum Gasteiger partial charge on any atom is 0.251 e. The van der Waals surface area contributed by atoms with E-state index in [-0.39, 0.29) is 11.9 Å². The third-order valence-corrected chi connectivity index (χ3v) is 6.32. The monoisotopic (exact) mass is 417 g/mol. The fourth-order valence-corrected chi connectivity index (χ4v) is 4.26. The van der Waals surface area contributed by atoms with Crippen molar-refractivity contribution in [3.05, 3.63) is 29.8 Å². The molecule has 0 bridgehead atoms. The Balaban J connectivity index is 1.24. The molecule has 0 aromatic heterocycles. The number of benzene rings is 1. The van der Waals surface area contributed by atoms with Crippen molar-refractivity contribution in [3.63, 3.8) is 0 Å². The largest absolute Gasteiger partial charge is 0.492 e. The molecule has 1 aromatic carbocycles. The van der Waals surface area contributed by atoms with Crippen LogP contribution in [0.2, 0.25) is 0 Å². The summed E-state index contributed by atoms with van der Waals surface area (Å²) < 4.78 is 11.2. The van der Waals surface area contributed by atoms with Gasteiger partial charge in [0.05, 0.1) is 25.4 Å². The Hall–Kier alpha value is -1.67. The van der Waals surface area contributed by atoms with Crippen molar-refractivity contribution in [1.29, 1.82) is 0 Å². The van der Waals surface area contributed by atoms with Crippen LogP contribution in [-0.2, 0) is 4.74 Å². The van der Waals surface area contributed by atoms with Crippen LogP contribution in [0.3, 0.4) is 0 Å². The lowest BCUT2D eigenvalue weighted by molar-refractivity contribution is 0.0322. The number of nitrogens with one attached hydrogen (secondary N) is 1. The minimum Gasteiger partial charge on any atom is -0.492 e. The quantitative estimate of drug-likeness (QED) is 0.666. The third kappa shape index (κ3) is 6.41. The number of amides is 1. The molecule has 3 aliphatic rings. The highest BCUT2D eigenvalue weighted by atomic mass is 16.5. The summed E-state index contributed by atoms with van der Waals surface area (Å²) in [5.41, 5.74) is 0.598. The van der Waals surface area contributed by atoms with E-state index in [0.717, 1.165) is 77.0 Å². The molecule has 1 aromatic rings. The van der Waals surface area contributed by atoms with Crippen LogP contribution < -0.4 is 10.1 Å². The zero-order chi connectivity index (χ0) is 20.8. The van der Waals surface area contributed by atoms with Gasteiger partial charge in [0, 0.05) is 38.3 Å². The molecule has 2 aliphatic heterocycles. The number of rotatable bonds is 8. The number of carbonyl (C=O) groups excluding carboxylic acids is 1. The maximum absolute atomic E-state index is 12.7. The van der Waals surface area contributed by atoms with E-state index in [1.54, 1.807) is 12.1 Å². The van der Waals surface area contributed by atoms with Gasteiger partial charge in [0.2, 0.25) is 0 Å². The van der Waals surface area contributed by atoms with Gasteiger partial charge in [-0.25, -0.2) is 0 Å². The third-order valence-electron chi connectivity index (χ3n) is 6.32. The van der Waals surface area contributed by atoms with Gasteiger partial charge in [-0.15, -0.1) is 0 Å². The lowest BCUT2D eigenvalue weighted by Gasteiger charge is -2.27. The first kappa shape index (κ1) is 21.6. The number of ether oxygens (including phenoxy) is 2. The van der Waals surface area contributed by atoms with Gasteiger partial charge < -0.3 is 24.8 Å².